The number of amides is 1. The molecule has 4 heteroatoms. The highest BCUT2D eigenvalue weighted by atomic mass is 32.1. The van der Waals surface area contributed by atoms with Gasteiger partial charge in [0.05, 0.1) is 4.88 Å². The Balaban J connectivity index is 1.73. The van der Waals surface area contributed by atoms with Gasteiger partial charge in [-0.3, -0.25) is 4.79 Å². The maximum Gasteiger partial charge on any atom is 0.264 e. The van der Waals surface area contributed by atoms with Crippen LogP contribution in [0.3, 0.4) is 0 Å². The smallest absolute Gasteiger partial charge is 0.264 e. The first-order chi connectivity index (χ1) is 10.1. The predicted octanol–water partition coefficient (Wildman–Crippen LogP) is 3.57. The zero-order valence-corrected chi connectivity index (χ0v) is 12.8. The third-order valence-electron chi connectivity index (χ3n) is 3.81. The van der Waals surface area contributed by atoms with E-state index in [2.05, 4.69) is 18.2 Å². The highest BCUT2D eigenvalue weighted by molar-refractivity contribution is 7.14. The third kappa shape index (κ3) is 2.85. The lowest BCUT2D eigenvalue weighted by molar-refractivity contribution is 0.0777. The summed E-state index contributed by atoms with van der Waals surface area (Å²) in [7, 11) is 0. The van der Waals surface area contributed by atoms with Gasteiger partial charge in [-0.05, 0) is 30.5 Å². The molecule has 0 radical (unpaired) electrons. The van der Waals surface area contributed by atoms with Crippen molar-refractivity contribution >= 4 is 28.5 Å². The monoisotopic (exact) mass is 298 g/mol. The molecule has 3 nitrogen and oxygen atoms in total. The fraction of sp³-hybridized carbons (Fsp3) is 0.235. The van der Waals surface area contributed by atoms with Gasteiger partial charge < -0.3 is 10.6 Å². The van der Waals surface area contributed by atoms with Gasteiger partial charge >= 0.3 is 0 Å². The molecule has 0 bridgehead atoms. The van der Waals surface area contributed by atoms with Crippen molar-refractivity contribution in [3.05, 3.63) is 57.8 Å². The maximum atomic E-state index is 12.5. The lowest BCUT2D eigenvalue weighted by atomic mass is 9.99. The summed E-state index contributed by atoms with van der Waals surface area (Å²) >= 11 is 1.48. The third-order valence-corrected chi connectivity index (χ3v) is 4.86. The standard InChI is InChI=1S/C17H18N2OS/c1-12-15(18)11-16(21-12)17(20)19-9-7-14(8-10-19)13-5-3-2-4-6-13/h2-7,11H,8-10,18H2,1H3. The first-order valence-electron chi connectivity index (χ1n) is 7.05. The number of carbonyl (C=O) groups excluding carboxylic acids is 1. The Morgan fingerprint density at radius 2 is 2.05 bits per heavy atom. The fourth-order valence-electron chi connectivity index (χ4n) is 2.53. The van der Waals surface area contributed by atoms with Crippen LogP contribution in [0.25, 0.3) is 5.57 Å². The Labute approximate surface area is 128 Å². The number of hydrogen-bond donors (Lipinski definition) is 1. The van der Waals surface area contributed by atoms with Crippen LogP contribution >= 0.6 is 11.3 Å². The van der Waals surface area contributed by atoms with Gasteiger partial charge in [0.1, 0.15) is 0 Å². The van der Waals surface area contributed by atoms with Crippen molar-refractivity contribution in [2.45, 2.75) is 13.3 Å². The van der Waals surface area contributed by atoms with E-state index in [1.165, 1.54) is 22.5 Å². The van der Waals surface area contributed by atoms with Crippen LogP contribution in [0, 0.1) is 6.92 Å². The first kappa shape index (κ1) is 13.9. The molecule has 0 saturated heterocycles. The minimum absolute atomic E-state index is 0.0863. The molecular formula is C17H18N2OS. The number of rotatable bonds is 2. The van der Waals surface area contributed by atoms with E-state index in [1.54, 1.807) is 6.07 Å². The number of anilines is 1. The van der Waals surface area contributed by atoms with Gasteiger partial charge in [0.15, 0.2) is 0 Å². The average molecular weight is 298 g/mol. The summed E-state index contributed by atoms with van der Waals surface area (Å²) in [5, 5.41) is 0. The second kappa shape index (κ2) is 5.74. The molecule has 21 heavy (non-hydrogen) atoms. The van der Waals surface area contributed by atoms with Crippen LogP contribution < -0.4 is 5.73 Å². The Kier molecular flexibility index (Phi) is 3.80. The number of benzene rings is 1. The zero-order chi connectivity index (χ0) is 14.8. The number of hydrogen-bond acceptors (Lipinski definition) is 3. The fourth-order valence-corrected chi connectivity index (χ4v) is 3.43. The van der Waals surface area contributed by atoms with E-state index in [9.17, 15) is 4.79 Å². The summed E-state index contributed by atoms with van der Waals surface area (Å²) in [6.07, 6.45) is 3.05. The molecule has 1 aromatic heterocycles. The second-order valence-electron chi connectivity index (χ2n) is 5.22. The van der Waals surface area contributed by atoms with Crippen molar-refractivity contribution in [3.63, 3.8) is 0 Å². The summed E-state index contributed by atoms with van der Waals surface area (Å²) in [6.45, 7) is 3.37. The normalized spacial score (nSPS) is 14.9. The van der Waals surface area contributed by atoms with Crippen LogP contribution in [0.5, 0.6) is 0 Å². The lowest BCUT2D eigenvalue weighted by Crippen LogP contribution is -2.34. The van der Waals surface area contributed by atoms with Crippen LogP contribution in [0.2, 0.25) is 0 Å². The molecular weight excluding hydrogens is 280 g/mol. The Hall–Kier alpha value is -2.07. The SMILES string of the molecule is Cc1sc(C(=O)N2CC=C(c3ccccc3)CC2)cc1N. The first-order valence-corrected chi connectivity index (χ1v) is 7.86. The number of thiophene rings is 1. The summed E-state index contributed by atoms with van der Waals surface area (Å²) in [5.74, 6) is 0.0863. The van der Waals surface area contributed by atoms with Gasteiger partial charge in [-0.25, -0.2) is 0 Å². The minimum atomic E-state index is 0.0863. The van der Waals surface area contributed by atoms with Gasteiger partial charge in [-0.1, -0.05) is 36.4 Å². The van der Waals surface area contributed by atoms with Crippen LogP contribution in [-0.2, 0) is 0 Å². The highest BCUT2D eigenvalue weighted by Crippen LogP contribution is 2.27. The van der Waals surface area contributed by atoms with Gasteiger partial charge in [-0.2, -0.15) is 0 Å². The Bertz CT molecular complexity index is 669. The van der Waals surface area contributed by atoms with Crippen molar-refractivity contribution < 1.29 is 4.79 Å². The van der Waals surface area contributed by atoms with Crippen LogP contribution in [0.4, 0.5) is 5.69 Å². The average Bonchev–Trinajstić information content (AvgIpc) is 2.87. The molecule has 1 aromatic carbocycles. The molecule has 0 fully saturated rings. The molecule has 1 aliphatic rings. The number of nitrogens with two attached hydrogens (primary N) is 1. The van der Waals surface area contributed by atoms with Crippen LogP contribution in [0.1, 0.15) is 26.5 Å². The largest absolute Gasteiger partial charge is 0.398 e. The molecule has 108 valence electrons. The van der Waals surface area contributed by atoms with E-state index in [0.717, 1.165) is 22.7 Å². The molecule has 1 aliphatic heterocycles. The van der Waals surface area contributed by atoms with Crippen molar-refractivity contribution in [1.29, 1.82) is 0 Å². The van der Waals surface area contributed by atoms with E-state index < -0.39 is 0 Å². The molecule has 3 rings (SSSR count). The van der Waals surface area contributed by atoms with E-state index in [-0.39, 0.29) is 5.91 Å². The van der Waals surface area contributed by atoms with Crippen molar-refractivity contribution in [2.75, 3.05) is 18.8 Å². The molecule has 1 amide bonds. The number of nitrogens with zero attached hydrogens (tertiary/aromatic N) is 1. The highest BCUT2D eigenvalue weighted by Gasteiger charge is 2.21. The van der Waals surface area contributed by atoms with E-state index in [0.29, 0.717) is 12.2 Å². The molecule has 0 unspecified atom stereocenters. The number of aryl methyl sites for hydroxylation is 1. The van der Waals surface area contributed by atoms with Crippen molar-refractivity contribution in [2.24, 2.45) is 0 Å². The van der Waals surface area contributed by atoms with E-state index in [4.69, 9.17) is 5.73 Å². The summed E-state index contributed by atoms with van der Waals surface area (Å²) in [4.78, 5) is 16.1. The molecule has 2 heterocycles. The molecule has 0 spiro atoms. The predicted molar refractivity (Wildman–Crippen MR) is 88.4 cm³/mol. The summed E-state index contributed by atoms with van der Waals surface area (Å²) in [6, 6.07) is 12.1. The molecule has 0 saturated carbocycles. The van der Waals surface area contributed by atoms with Gasteiger partial charge in [-0.15, -0.1) is 11.3 Å². The molecule has 0 aliphatic carbocycles. The quantitative estimate of drug-likeness (QED) is 0.921. The van der Waals surface area contributed by atoms with Crippen LogP contribution in [0.15, 0.2) is 42.5 Å². The number of nitrogen functional groups attached to an aromatic ring is 1. The van der Waals surface area contributed by atoms with Crippen molar-refractivity contribution in [1.82, 2.24) is 4.90 Å². The van der Waals surface area contributed by atoms with Crippen molar-refractivity contribution in [3.8, 4) is 0 Å². The molecule has 0 atom stereocenters. The van der Waals surface area contributed by atoms with Gasteiger partial charge in [0, 0.05) is 23.7 Å². The number of carbonyl (C=O) groups is 1. The van der Waals surface area contributed by atoms with Crippen LogP contribution in [-0.4, -0.2) is 23.9 Å². The Morgan fingerprint density at radius 1 is 1.29 bits per heavy atom. The zero-order valence-electron chi connectivity index (χ0n) is 12.0. The molecule has 2 aromatic rings. The van der Waals surface area contributed by atoms with E-state index >= 15 is 0 Å². The second-order valence-corrected chi connectivity index (χ2v) is 6.48. The minimum Gasteiger partial charge on any atom is -0.398 e. The summed E-state index contributed by atoms with van der Waals surface area (Å²) in [5.41, 5.74) is 9.11. The van der Waals surface area contributed by atoms with Gasteiger partial charge in [0.25, 0.3) is 5.91 Å². The van der Waals surface area contributed by atoms with E-state index in [1.807, 2.05) is 30.0 Å². The Morgan fingerprint density at radius 3 is 2.62 bits per heavy atom. The maximum absolute atomic E-state index is 12.5. The van der Waals surface area contributed by atoms with Gasteiger partial charge in [0.2, 0.25) is 0 Å². The topological polar surface area (TPSA) is 46.3 Å². The lowest BCUT2D eigenvalue weighted by Gasteiger charge is -2.26. The molecule has 2 N–H and O–H groups in total. The summed E-state index contributed by atoms with van der Waals surface area (Å²) < 4.78 is 0.